The lowest BCUT2D eigenvalue weighted by Gasteiger charge is -2.26. The molecule has 8 aromatic carbocycles. The van der Waals surface area contributed by atoms with Crippen molar-refractivity contribution in [2.75, 3.05) is 9.80 Å². The smallest absolute Gasteiger partial charge is 0.0468 e. The molecular formula is C52H46N2. The second-order valence-corrected chi connectivity index (χ2v) is 14.7. The Hall–Kier alpha value is -6.38. The number of benzene rings is 8. The molecule has 0 amide bonds. The Morgan fingerprint density at radius 2 is 0.611 bits per heavy atom. The molecule has 0 saturated heterocycles. The number of nitrogens with zero attached hydrogens (tertiary/aromatic N) is 2. The number of anilines is 6. The fraction of sp³-hybridized carbons (Fsp3) is 0.115. The van der Waals surface area contributed by atoms with Gasteiger partial charge in [-0.05, 0) is 128 Å². The first-order valence-electron chi connectivity index (χ1n) is 19.1. The minimum absolute atomic E-state index is 0.487. The SMILES string of the molecule is CC(C)c1ccc(N(c2ccc(C=Cc3ccc(N(c4ccc(C(C)C)cc4)c4ccc5ccccc5c4)cc3)cc2)c2ccc3ccccc3c2)cc1. The maximum absolute atomic E-state index is 2.35. The van der Waals surface area contributed by atoms with Gasteiger partial charge in [0.25, 0.3) is 0 Å². The van der Waals surface area contributed by atoms with Crippen molar-refractivity contribution in [1.82, 2.24) is 0 Å². The van der Waals surface area contributed by atoms with Gasteiger partial charge in [0.05, 0.1) is 0 Å². The zero-order valence-corrected chi connectivity index (χ0v) is 31.5. The van der Waals surface area contributed by atoms with Gasteiger partial charge in [-0.2, -0.15) is 0 Å². The molecule has 0 aliphatic heterocycles. The summed E-state index contributed by atoms with van der Waals surface area (Å²) in [5.41, 5.74) is 11.8. The normalized spacial score (nSPS) is 11.6. The van der Waals surface area contributed by atoms with E-state index in [0.717, 1.165) is 45.3 Å². The van der Waals surface area contributed by atoms with Crippen LogP contribution in [0.3, 0.4) is 0 Å². The first kappa shape index (κ1) is 34.7. The molecule has 2 heteroatoms. The molecule has 0 saturated carbocycles. The molecule has 0 bridgehead atoms. The minimum atomic E-state index is 0.487. The third-order valence-electron chi connectivity index (χ3n) is 10.4. The summed E-state index contributed by atoms with van der Waals surface area (Å²) in [5, 5.41) is 4.95. The predicted octanol–water partition coefficient (Wildman–Crippen LogP) is 15.3. The highest BCUT2D eigenvalue weighted by molar-refractivity contribution is 5.91. The molecule has 0 aliphatic carbocycles. The van der Waals surface area contributed by atoms with E-state index in [4.69, 9.17) is 0 Å². The molecule has 8 rings (SSSR count). The van der Waals surface area contributed by atoms with Crippen molar-refractivity contribution in [3.63, 3.8) is 0 Å². The first-order chi connectivity index (χ1) is 26.4. The maximum Gasteiger partial charge on any atom is 0.0468 e. The van der Waals surface area contributed by atoms with Crippen LogP contribution >= 0.6 is 0 Å². The Morgan fingerprint density at radius 1 is 0.315 bits per heavy atom. The van der Waals surface area contributed by atoms with Gasteiger partial charge in [-0.25, -0.2) is 0 Å². The number of fused-ring (bicyclic) bond motifs is 2. The van der Waals surface area contributed by atoms with Gasteiger partial charge < -0.3 is 9.80 Å². The average molecular weight is 699 g/mol. The molecule has 8 aromatic rings. The summed E-state index contributed by atoms with van der Waals surface area (Å²) in [4.78, 5) is 4.70. The van der Waals surface area contributed by atoms with Crippen LogP contribution < -0.4 is 9.80 Å². The van der Waals surface area contributed by atoms with E-state index in [9.17, 15) is 0 Å². The minimum Gasteiger partial charge on any atom is -0.310 e. The summed E-state index contributed by atoms with van der Waals surface area (Å²) in [5.74, 6) is 0.974. The lowest BCUT2D eigenvalue weighted by molar-refractivity contribution is 0.866. The topological polar surface area (TPSA) is 6.48 Å². The van der Waals surface area contributed by atoms with E-state index in [0.29, 0.717) is 11.8 Å². The fourth-order valence-corrected chi connectivity index (χ4v) is 7.20. The van der Waals surface area contributed by atoms with Crippen LogP contribution in [0.4, 0.5) is 34.1 Å². The van der Waals surface area contributed by atoms with Gasteiger partial charge in [-0.15, -0.1) is 0 Å². The van der Waals surface area contributed by atoms with Crippen molar-refractivity contribution in [1.29, 1.82) is 0 Å². The lowest BCUT2D eigenvalue weighted by atomic mass is 10.0. The second kappa shape index (κ2) is 15.3. The molecule has 0 aromatic heterocycles. The van der Waals surface area contributed by atoms with E-state index in [-0.39, 0.29) is 0 Å². The number of hydrogen-bond acceptors (Lipinski definition) is 2. The Bertz CT molecular complexity index is 2340. The van der Waals surface area contributed by atoms with E-state index < -0.39 is 0 Å². The summed E-state index contributed by atoms with van der Waals surface area (Å²) in [6, 6.07) is 66.2. The van der Waals surface area contributed by atoms with Crippen molar-refractivity contribution in [2.45, 2.75) is 39.5 Å². The van der Waals surface area contributed by atoms with E-state index in [1.807, 2.05) is 0 Å². The van der Waals surface area contributed by atoms with Gasteiger partial charge in [0, 0.05) is 34.1 Å². The number of hydrogen-bond donors (Lipinski definition) is 0. The van der Waals surface area contributed by atoms with Crippen molar-refractivity contribution < 1.29 is 0 Å². The molecule has 0 atom stereocenters. The molecule has 0 N–H and O–H groups in total. The quantitative estimate of drug-likeness (QED) is 0.131. The van der Waals surface area contributed by atoms with Crippen molar-refractivity contribution in [3.8, 4) is 0 Å². The van der Waals surface area contributed by atoms with Crippen LogP contribution in [0.1, 0.15) is 61.8 Å². The van der Waals surface area contributed by atoms with Crippen molar-refractivity contribution in [3.05, 3.63) is 204 Å². The summed E-state index contributed by atoms with van der Waals surface area (Å²) >= 11 is 0. The highest BCUT2D eigenvalue weighted by atomic mass is 15.1. The highest BCUT2D eigenvalue weighted by Gasteiger charge is 2.15. The van der Waals surface area contributed by atoms with Gasteiger partial charge in [0.15, 0.2) is 0 Å². The molecule has 2 nitrogen and oxygen atoms in total. The van der Waals surface area contributed by atoms with Crippen LogP contribution in [0.5, 0.6) is 0 Å². The zero-order valence-electron chi connectivity index (χ0n) is 31.5. The van der Waals surface area contributed by atoms with E-state index in [1.165, 1.54) is 32.7 Å². The molecule has 54 heavy (non-hydrogen) atoms. The molecular weight excluding hydrogens is 653 g/mol. The summed E-state index contributed by atoms with van der Waals surface area (Å²) in [6.07, 6.45) is 4.39. The van der Waals surface area contributed by atoms with Crippen LogP contribution in [0.2, 0.25) is 0 Å². The van der Waals surface area contributed by atoms with Crippen molar-refractivity contribution >= 4 is 67.8 Å². The Kier molecular flexibility index (Phi) is 9.83. The summed E-state index contributed by atoms with van der Waals surface area (Å²) in [6.45, 7) is 8.96. The second-order valence-electron chi connectivity index (χ2n) is 14.7. The van der Waals surface area contributed by atoms with Gasteiger partial charge in [0.1, 0.15) is 0 Å². The van der Waals surface area contributed by atoms with E-state index in [2.05, 4.69) is 232 Å². The summed E-state index contributed by atoms with van der Waals surface area (Å²) < 4.78 is 0. The van der Waals surface area contributed by atoms with Crippen LogP contribution in [0.15, 0.2) is 182 Å². The summed E-state index contributed by atoms with van der Waals surface area (Å²) in [7, 11) is 0. The fourth-order valence-electron chi connectivity index (χ4n) is 7.20. The average Bonchev–Trinajstić information content (AvgIpc) is 3.21. The Morgan fingerprint density at radius 3 is 0.944 bits per heavy atom. The first-order valence-corrected chi connectivity index (χ1v) is 19.1. The van der Waals surface area contributed by atoms with Crippen LogP contribution in [0, 0.1) is 0 Å². The Labute approximate surface area is 320 Å². The predicted molar refractivity (Wildman–Crippen MR) is 234 cm³/mol. The maximum atomic E-state index is 2.35. The van der Waals surface area contributed by atoms with Crippen LogP contribution in [0.25, 0.3) is 33.7 Å². The van der Waals surface area contributed by atoms with Gasteiger partial charge in [-0.1, -0.05) is 149 Å². The molecule has 0 unspecified atom stereocenters. The van der Waals surface area contributed by atoms with Gasteiger partial charge >= 0.3 is 0 Å². The number of rotatable bonds is 10. The third-order valence-corrected chi connectivity index (χ3v) is 10.4. The zero-order chi connectivity index (χ0) is 37.0. The highest BCUT2D eigenvalue weighted by Crippen LogP contribution is 2.39. The largest absolute Gasteiger partial charge is 0.310 e. The standard InChI is InChI=1S/C52H46N2/c1-37(2)41-19-29-49(30-20-41)53(51-33-23-43-9-5-7-11-45(43)35-51)47-25-15-39(16-26-47)13-14-40-17-27-48(28-18-40)54(50-31-21-42(22-32-50)38(3)4)52-34-24-44-10-6-8-12-46(44)36-52/h5-38H,1-4H3. The molecule has 264 valence electrons. The van der Waals surface area contributed by atoms with Gasteiger partial charge in [0.2, 0.25) is 0 Å². The van der Waals surface area contributed by atoms with E-state index >= 15 is 0 Å². The molecule has 0 radical (unpaired) electrons. The van der Waals surface area contributed by atoms with Crippen LogP contribution in [-0.2, 0) is 0 Å². The van der Waals surface area contributed by atoms with Crippen molar-refractivity contribution in [2.24, 2.45) is 0 Å². The van der Waals surface area contributed by atoms with E-state index in [1.54, 1.807) is 0 Å². The lowest BCUT2D eigenvalue weighted by Crippen LogP contribution is -2.10. The Balaban J connectivity index is 1.06. The molecule has 0 aliphatic rings. The molecule has 0 fully saturated rings. The monoisotopic (exact) mass is 698 g/mol. The van der Waals surface area contributed by atoms with Crippen LogP contribution in [-0.4, -0.2) is 0 Å². The molecule has 0 heterocycles. The third kappa shape index (κ3) is 7.42. The van der Waals surface area contributed by atoms with Gasteiger partial charge in [-0.3, -0.25) is 0 Å². The molecule has 0 spiro atoms.